The fourth-order valence-corrected chi connectivity index (χ4v) is 3.69. The maximum absolute atomic E-state index is 12.6. The van der Waals surface area contributed by atoms with Crippen LogP contribution in [-0.4, -0.2) is 41.5 Å². The van der Waals surface area contributed by atoms with Crippen molar-refractivity contribution in [3.63, 3.8) is 0 Å². The first-order valence-electron chi connectivity index (χ1n) is 9.80. The highest BCUT2D eigenvalue weighted by Crippen LogP contribution is 2.13. The highest BCUT2D eigenvalue weighted by molar-refractivity contribution is 5.94. The molecule has 27 heavy (non-hydrogen) atoms. The molecule has 0 aliphatic carbocycles. The molecule has 3 rings (SSSR count). The minimum absolute atomic E-state index is 0.101. The first-order valence-corrected chi connectivity index (χ1v) is 9.80. The van der Waals surface area contributed by atoms with E-state index in [4.69, 9.17) is 0 Å². The van der Waals surface area contributed by atoms with Gasteiger partial charge in [-0.05, 0) is 69.8 Å². The lowest BCUT2D eigenvalue weighted by molar-refractivity contribution is 0.0901. The quantitative estimate of drug-likeness (QED) is 0.825. The fourth-order valence-electron chi connectivity index (χ4n) is 3.69. The third-order valence-corrected chi connectivity index (χ3v) is 5.37. The Kier molecular flexibility index (Phi) is 6.45. The van der Waals surface area contributed by atoms with Crippen molar-refractivity contribution in [2.75, 3.05) is 19.6 Å². The molecule has 144 valence electrons. The number of pyridine rings is 1. The van der Waals surface area contributed by atoms with Crippen LogP contribution in [0.5, 0.6) is 0 Å². The second-order valence-corrected chi connectivity index (χ2v) is 7.52. The second-order valence-electron chi connectivity index (χ2n) is 7.52. The molecule has 5 heteroatoms. The third kappa shape index (κ3) is 5.30. The molecule has 0 saturated carbocycles. The van der Waals surface area contributed by atoms with E-state index in [2.05, 4.69) is 39.5 Å². The fraction of sp³-hybridized carbons (Fsp3) is 0.455. The average Bonchev–Trinajstić information content (AvgIpc) is 2.66. The van der Waals surface area contributed by atoms with E-state index in [1.165, 1.54) is 5.56 Å². The molecule has 1 saturated heterocycles. The van der Waals surface area contributed by atoms with Crippen LogP contribution in [-0.2, 0) is 6.42 Å². The van der Waals surface area contributed by atoms with Gasteiger partial charge in [-0.1, -0.05) is 30.3 Å². The van der Waals surface area contributed by atoms with E-state index < -0.39 is 0 Å². The van der Waals surface area contributed by atoms with Crippen LogP contribution in [0.3, 0.4) is 0 Å². The highest BCUT2D eigenvalue weighted by Gasteiger charge is 2.22. The van der Waals surface area contributed by atoms with Crippen molar-refractivity contribution < 1.29 is 4.79 Å². The van der Waals surface area contributed by atoms with Crippen LogP contribution < -0.4 is 10.9 Å². The number of nitrogens with zero attached hydrogens (tertiary/aromatic N) is 1. The summed E-state index contributed by atoms with van der Waals surface area (Å²) in [6.07, 6.45) is 4.22. The van der Waals surface area contributed by atoms with Gasteiger partial charge in [0.25, 0.3) is 11.5 Å². The van der Waals surface area contributed by atoms with Crippen molar-refractivity contribution in [2.24, 2.45) is 0 Å². The Morgan fingerprint density at radius 1 is 1.26 bits per heavy atom. The van der Waals surface area contributed by atoms with Crippen LogP contribution in [0.1, 0.15) is 46.4 Å². The Bertz CT molecular complexity index is 829. The van der Waals surface area contributed by atoms with Crippen molar-refractivity contribution in [1.82, 2.24) is 15.2 Å². The predicted octanol–water partition coefficient (Wildman–Crippen LogP) is 2.82. The Labute approximate surface area is 160 Å². The summed E-state index contributed by atoms with van der Waals surface area (Å²) in [5, 5.41) is 3.06. The van der Waals surface area contributed by atoms with Crippen LogP contribution in [0, 0.1) is 13.8 Å². The van der Waals surface area contributed by atoms with E-state index in [-0.39, 0.29) is 23.1 Å². The molecule has 1 aromatic heterocycles. The first kappa shape index (κ1) is 19.4. The van der Waals surface area contributed by atoms with E-state index in [1.54, 1.807) is 6.07 Å². The van der Waals surface area contributed by atoms with E-state index in [0.717, 1.165) is 56.6 Å². The normalized spacial score (nSPS) is 17.6. The summed E-state index contributed by atoms with van der Waals surface area (Å²) in [5.74, 6) is -0.268. The topological polar surface area (TPSA) is 65.2 Å². The number of rotatable bonds is 6. The molecule has 0 spiro atoms. The van der Waals surface area contributed by atoms with Crippen molar-refractivity contribution in [2.45, 2.75) is 45.6 Å². The summed E-state index contributed by atoms with van der Waals surface area (Å²) in [7, 11) is 0. The number of carbonyl (C=O) groups is 1. The molecule has 2 N–H and O–H groups in total. The Balaban J connectivity index is 1.51. The van der Waals surface area contributed by atoms with E-state index in [1.807, 2.05) is 19.9 Å². The summed E-state index contributed by atoms with van der Waals surface area (Å²) in [5.41, 5.74) is 2.99. The molecule has 2 aromatic rings. The molecule has 1 fully saturated rings. The molecular formula is C22H29N3O2. The number of hydrogen-bond acceptors (Lipinski definition) is 3. The van der Waals surface area contributed by atoms with Crippen molar-refractivity contribution in [1.29, 1.82) is 0 Å². The van der Waals surface area contributed by atoms with E-state index >= 15 is 0 Å². The van der Waals surface area contributed by atoms with Gasteiger partial charge >= 0.3 is 0 Å². The van der Waals surface area contributed by atoms with E-state index in [9.17, 15) is 9.59 Å². The molecule has 1 unspecified atom stereocenters. The molecule has 0 bridgehead atoms. The lowest BCUT2D eigenvalue weighted by Gasteiger charge is -2.33. The third-order valence-electron chi connectivity index (χ3n) is 5.37. The summed E-state index contributed by atoms with van der Waals surface area (Å²) < 4.78 is 0. The predicted molar refractivity (Wildman–Crippen MR) is 108 cm³/mol. The van der Waals surface area contributed by atoms with Crippen LogP contribution >= 0.6 is 0 Å². The summed E-state index contributed by atoms with van der Waals surface area (Å²) in [6.45, 7) is 6.70. The number of piperidine rings is 1. The number of amides is 1. The maximum Gasteiger partial charge on any atom is 0.261 e. The minimum Gasteiger partial charge on any atom is -0.348 e. The van der Waals surface area contributed by atoms with Gasteiger partial charge in [-0.2, -0.15) is 0 Å². The van der Waals surface area contributed by atoms with Crippen LogP contribution in [0.25, 0.3) is 0 Å². The number of benzene rings is 1. The summed E-state index contributed by atoms with van der Waals surface area (Å²) >= 11 is 0. The van der Waals surface area contributed by atoms with Crippen LogP contribution in [0.15, 0.2) is 41.2 Å². The van der Waals surface area contributed by atoms with Crippen molar-refractivity contribution in [3.05, 3.63) is 69.1 Å². The summed E-state index contributed by atoms with van der Waals surface area (Å²) in [4.78, 5) is 29.8. The van der Waals surface area contributed by atoms with Crippen LogP contribution in [0.2, 0.25) is 0 Å². The van der Waals surface area contributed by atoms with E-state index in [0.29, 0.717) is 0 Å². The van der Waals surface area contributed by atoms with Crippen molar-refractivity contribution in [3.8, 4) is 0 Å². The Morgan fingerprint density at radius 2 is 2.04 bits per heavy atom. The van der Waals surface area contributed by atoms with Gasteiger partial charge < -0.3 is 15.2 Å². The Hall–Kier alpha value is -2.40. The zero-order chi connectivity index (χ0) is 19.2. The van der Waals surface area contributed by atoms with Gasteiger partial charge in [0.05, 0.1) is 0 Å². The van der Waals surface area contributed by atoms with Gasteiger partial charge in [-0.25, -0.2) is 0 Å². The smallest absolute Gasteiger partial charge is 0.261 e. The standard InChI is InChI=1S/C22H29N3O2/c1-16-14-20(21(26)23-17(16)2)22(27)24-19-11-7-13-25(15-19)12-6-10-18-8-4-3-5-9-18/h3-5,8-9,14,19H,6-7,10-13,15H2,1-2H3,(H,23,26)(H,24,27). The average molecular weight is 367 g/mol. The first-order chi connectivity index (χ1) is 13.0. The number of carbonyl (C=O) groups excluding carboxylic acids is 1. The molecule has 1 aliphatic heterocycles. The molecule has 1 aliphatic rings. The number of nitrogens with one attached hydrogen (secondary N) is 2. The Morgan fingerprint density at radius 3 is 2.81 bits per heavy atom. The molecule has 1 aromatic carbocycles. The summed E-state index contributed by atoms with van der Waals surface area (Å²) in [6, 6.07) is 12.3. The number of likely N-dealkylation sites (tertiary alicyclic amines) is 1. The lowest BCUT2D eigenvalue weighted by Crippen LogP contribution is -2.48. The number of aromatic nitrogens is 1. The molecule has 0 radical (unpaired) electrons. The van der Waals surface area contributed by atoms with Crippen molar-refractivity contribution >= 4 is 5.91 Å². The molecular weight excluding hydrogens is 338 g/mol. The molecule has 1 amide bonds. The lowest BCUT2D eigenvalue weighted by atomic mass is 10.0. The van der Waals surface area contributed by atoms with Gasteiger partial charge in [-0.15, -0.1) is 0 Å². The molecule has 1 atom stereocenters. The van der Waals surface area contributed by atoms with Gasteiger partial charge in [-0.3, -0.25) is 9.59 Å². The van der Waals surface area contributed by atoms with Gasteiger partial charge in [0, 0.05) is 18.3 Å². The number of hydrogen-bond donors (Lipinski definition) is 2. The van der Waals surface area contributed by atoms with Gasteiger partial charge in [0.2, 0.25) is 0 Å². The highest BCUT2D eigenvalue weighted by atomic mass is 16.2. The monoisotopic (exact) mass is 367 g/mol. The molecule has 2 heterocycles. The minimum atomic E-state index is -0.314. The second kappa shape index (κ2) is 9.00. The maximum atomic E-state index is 12.6. The largest absolute Gasteiger partial charge is 0.348 e. The number of aromatic amines is 1. The van der Waals surface area contributed by atoms with Gasteiger partial charge in [0.15, 0.2) is 0 Å². The van der Waals surface area contributed by atoms with Gasteiger partial charge in [0.1, 0.15) is 5.56 Å². The zero-order valence-corrected chi connectivity index (χ0v) is 16.3. The number of aryl methyl sites for hydroxylation is 3. The SMILES string of the molecule is Cc1cc(C(=O)NC2CCCN(CCCc3ccccc3)C2)c(=O)[nH]c1C. The molecule has 5 nitrogen and oxygen atoms in total. The zero-order valence-electron chi connectivity index (χ0n) is 16.3. The van der Waals surface area contributed by atoms with Crippen LogP contribution in [0.4, 0.5) is 0 Å². The number of H-pyrrole nitrogens is 1.